The predicted molar refractivity (Wildman–Crippen MR) is 168 cm³/mol. The summed E-state index contributed by atoms with van der Waals surface area (Å²) >= 11 is 0. The highest BCUT2D eigenvalue weighted by molar-refractivity contribution is 6.99. The van der Waals surface area contributed by atoms with Gasteiger partial charge in [-0.25, -0.2) is 0 Å². The Labute approximate surface area is 245 Å². The van der Waals surface area contributed by atoms with Gasteiger partial charge in [0.25, 0.3) is 8.32 Å². The summed E-state index contributed by atoms with van der Waals surface area (Å²) < 4.78 is 26.5. The van der Waals surface area contributed by atoms with Gasteiger partial charge in [-0.15, -0.1) is 0 Å². The van der Waals surface area contributed by atoms with E-state index >= 15 is 0 Å². The predicted octanol–water partition coefficient (Wildman–Crippen LogP) is 6.65. The van der Waals surface area contributed by atoms with Gasteiger partial charge in [0.05, 0.1) is 26.1 Å². The lowest BCUT2D eigenvalue weighted by Gasteiger charge is -2.44. The van der Waals surface area contributed by atoms with E-state index in [2.05, 4.69) is 106 Å². The highest BCUT2D eigenvalue weighted by Gasteiger charge is 2.51. The smallest absolute Gasteiger partial charge is 0.261 e. The van der Waals surface area contributed by atoms with Crippen LogP contribution in [0.3, 0.4) is 0 Å². The maximum absolute atomic E-state index is 7.24. The molecule has 4 aromatic carbocycles. The van der Waals surface area contributed by atoms with Crippen LogP contribution in [0.4, 0.5) is 0 Å². The van der Waals surface area contributed by atoms with Crippen molar-refractivity contribution in [3.05, 3.63) is 145 Å². The van der Waals surface area contributed by atoms with E-state index in [0.29, 0.717) is 19.8 Å². The molecule has 0 saturated carbocycles. The highest BCUT2D eigenvalue weighted by atomic mass is 28.4. The average Bonchev–Trinajstić information content (AvgIpc) is 3.01. The first kappa shape index (κ1) is 29.0. The van der Waals surface area contributed by atoms with Gasteiger partial charge in [-0.2, -0.15) is 0 Å². The fourth-order valence-electron chi connectivity index (χ4n) is 5.61. The first-order valence-corrected chi connectivity index (χ1v) is 16.3. The van der Waals surface area contributed by atoms with Crippen LogP contribution in [-0.4, -0.2) is 33.2 Å². The highest BCUT2D eigenvalue weighted by Crippen LogP contribution is 2.37. The Morgan fingerprint density at radius 1 is 0.634 bits per heavy atom. The van der Waals surface area contributed by atoms with E-state index in [1.54, 1.807) is 6.26 Å². The van der Waals surface area contributed by atoms with E-state index in [0.717, 1.165) is 11.1 Å². The molecule has 0 spiro atoms. The lowest BCUT2D eigenvalue weighted by Crippen LogP contribution is -2.67. The van der Waals surface area contributed by atoms with Crippen LogP contribution in [-0.2, 0) is 31.9 Å². The molecular weight excluding hydrogens is 524 g/mol. The van der Waals surface area contributed by atoms with Crippen LogP contribution in [0.15, 0.2) is 134 Å². The molecule has 0 saturated heterocycles. The Hall–Kier alpha value is -3.48. The molecule has 1 aliphatic rings. The third-order valence-corrected chi connectivity index (χ3v) is 12.7. The Morgan fingerprint density at radius 2 is 1.10 bits per heavy atom. The van der Waals surface area contributed by atoms with Crippen molar-refractivity contribution in [2.75, 3.05) is 6.61 Å². The standard InChI is InChI=1S/C36H40O4Si/c1-36(2,3)41(31-20-12-6-13-21-31,32-22-14-7-15-23-32)40-28-34-35(39-27-30-18-10-5-11-19-30)33(24-25-37-34)38-26-29-16-8-4-9-17-29/h4-25,33-35H,26-28H2,1-3H3/t33-,34-,35-/m1/s1. The monoisotopic (exact) mass is 564 g/mol. The van der Waals surface area contributed by atoms with Crippen molar-refractivity contribution < 1.29 is 18.6 Å². The minimum atomic E-state index is -2.74. The van der Waals surface area contributed by atoms with Crippen molar-refractivity contribution in [2.45, 2.75) is 57.3 Å². The number of hydrogen-bond acceptors (Lipinski definition) is 4. The number of ether oxygens (including phenoxy) is 3. The normalized spacial score (nSPS) is 19.0. The molecule has 0 N–H and O–H groups in total. The van der Waals surface area contributed by atoms with Crippen molar-refractivity contribution in [2.24, 2.45) is 0 Å². The molecule has 1 heterocycles. The van der Waals surface area contributed by atoms with Crippen LogP contribution in [0.25, 0.3) is 0 Å². The second-order valence-electron chi connectivity index (χ2n) is 11.5. The molecule has 0 aromatic heterocycles. The molecule has 4 aromatic rings. The Balaban J connectivity index is 1.43. The quantitative estimate of drug-likeness (QED) is 0.191. The summed E-state index contributed by atoms with van der Waals surface area (Å²) in [6.45, 7) is 8.19. The lowest BCUT2D eigenvalue weighted by atomic mass is 10.1. The van der Waals surface area contributed by atoms with E-state index in [1.807, 2.05) is 42.5 Å². The van der Waals surface area contributed by atoms with Gasteiger partial charge >= 0.3 is 0 Å². The summed E-state index contributed by atoms with van der Waals surface area (Å²) in [4.78, 5) is 0. The van der Waals surface area contributed by atoms with Crippen molar-refractivity contribution >= 4 is 18.7 Å². The number of hydrogen-bond donors (Lipinski definition) is 0. The fourth-order valence-corrected chi connectivity index (χ4v) is 10.2. The molecule has 5 rings (SSSR count). The second kappa shape index (κ2) is 13.5. The van der Waals surface area contributed by atoms with Gasteiger partial charge in [0.1, 0.15) is 18.3 Å². The van der Waals surface area contributed by atoms with Crippen molar-refractivity contribution in [1.82, 2.24) is 0 Å². The van der Waals surface area contributed by atoms with E-state index in [1.165, 1.54) is 10.4 Å². The average molecular weight is 565 g/mol. The van der Waals surface area contributed by atoms with Gasteiger partial charge in [-0.05, 0) is 32.6 Å². The molecular formula is C36H40O4Si. The van der Waals surface area contributed by atoms with Crippen LogP contribution in [0.1, 0.15) is 31.9 Å². The van der Waals surface area contributed by atoms with Crippen LogP contribution >= 0.6 is 0 Å². The van der Waals surface area contributed by atoms with Gasteiger partial charge in [-0.1, -0.05) is 142 Å². The first-order chi connectivity index (χ1) is 20.0. The van der Waals surface area contributed by atoms with Crippen LogP contribution in [0.5, 0.6) is 0 Å². The van der Waals surface area contributed by atoms with Gasteiger partial charge in [0.15, 0.2) is 0 Å². The van der Waals surface area contributed by atoms with E-state index in [4.69, 9.17) is 18.6 Å². The summed E-state index contributed by atoms with van der Waals surface area (Å²) in [7, 11) is -2.74. The van der Waals surface area contributed by atoms with Gasteiger partial charge in [-0.3, -0.25) is 0 Å². The third kappa shape index (κ3) is 6.88. The molecule has 0 fully saturated rings. The zero-order chi connectivity index (χ0) is 28.5. The molecule has 41 heavy (non-hydrogen) atoms. The maximum Gasteiger partial charge on any atom is 0.261 e. The molecule has 0 amide bonds. The molecule has 0 radical (unpaired) electrons. The molecule has 212 valence electrons. The van der Waals surface area contributed by atoms with Crippen LogP contribution < -0.4 is 10.4 Å². The largest absolute Gasteiger partial charge is 0.493 e. The molecule has 0 aliphatic carbocycles. The number of rotatable bonds is 11. The summed E-state index contributed by atoms with van der Waals surface area (Å²) in [5.41, 5.74) is 2.23. The van der Waals surface area contributed by atoms with Gasteiger partial charge in [0, 0.05) is 0 Å². The van der Waals surface area contributed by atoms with E-state index < -0.39 is 8.32 Å². The molecule has 5 heteroatoms. The third-order valence-electron chi connectivity index (χ3n) is 7.66. The second-order valence-corrected chi connectivity index (χ2v) is 15.8. The van der Waals surface area contributed by atoms with Gasteiger partial charge in [0.2, 0.25) is 0 Å². The summed E-state index contributed by atoms with van der Waals surface area (Å²) in [5.74, 6) is 0. The molecule has 1 aliphatic heterocycles. The van der Waals surface area contributed by atoms with Crippen molar-refractivity contribution in [1.29, 1.82) is 0 Å². The minimum Gasteiger partial charge on any atom is -0.493 e. The van der Waals surface area contributed by atoms with Crippen LogP contribution in [0, 0.1) is 0 Å². The summed E-state index contributed by atoms with van der Waals surface area (Å²) in [6.07, 6.45) is 2.74. The Morgan fingerprint density at radius 3 is 1.59 bits per heavy atom. The Bertz CT molecular complexity index is 1320. The lowest BCUT2D eigenvalue weighted by molar-refractivity contribution is -0.138. The zero-order valence-corrected chi connectivity index (χ0v) is 25.2. The number of benzene rings is 4. The Kier molecular flexibility index (Phi) is 9.52. The molecule has 4 nitrogen and oxygen atoms in total. The van der Waals surface area contributed by atoms with Crippen LogP contribution in [0.2, 0.25) is 5.04 Å². The summed E-state index contributed by atoms with van der Waals surface area (Å²) in [5, 5.41) is 2.34. The molecule has 0 unspecified atom stereocenters. The molecule has 3 atom stereocenters. The minimum absolute atomic E-state index is 0.135. The SMILES string of the molecule is CC(C)(C)[Si](OC[C@H]1OC=C[C@@H](OCc2ccccc2)[C@H]1OCc1ccccc1)(c1ccccc1)c1ccccc1. The topological polar surface area (TPSA) is 36.9 Å². The van der Waals surface area contributed by atoms with E-state index in [-0.39, 0.29) is 23.4 Å². The van der Waals surface area contributed by atoms with E-state index in [9.17, 15) is 0 Å². The van der Waals surface area contributed by atoms with Crippen molar-refractivity contribution in [3.63, 3.8) is 0 Å². The first-order valence-electron chi connectivity index (χ1n) is 14.4. The van der Waals surface area contributed by atoms with Gasteiger partial charge < -0.3 is 18.6 Å². The maximum atomic E-state index is 7.24. The molecule has 0 bridgehead atoms. The summed E-state index contributed by atoms with van der Waals surface area (Å²) in [6, 6.07) is 41.8. The van der Waals surface area contributed by atoms with Crippen molar-refractivity contribution in [3.8, 4) is 0 Å². The fraction of sp³-hybridized carbons (Fsp3) is 0.278. The zero-order valence-electron chi connectivity index (χ0n) is 24.2.